The highest BCUT2D eigenvalue weighted by Crippen LogP contribution is 2.47. The zero-order valence-electron chi connectivity index (χ0n) is 26.7. The first-order chi connectivity index (χ1) is 22.7. The van der Waals surface area contributed by atoms with E-state index >= 15 is 0 Å². The van der Waals surface area contributed by atoms with Gasteiger partial charge >= 0.3 is 0 Å². The molecule has 0 bridgehead atoms. The maximum Gasteiger partial charge on any atom is 0.229 e. The van der Waals surface area contributed by atoms with E-state index in [4.69, 9.17) is 34.7 Å². The maximum absolute atomic E-state index is 13.0. The Bertz CT molecular complexity index is 1900. The molecule has 1 saturated carbocycles. The van der Waals surface area contributed by atoms with Gasteiger partial charge in [-0.25, -0.2) is 23.4 Å². The molecule has 1 saturated heterocycles. The molecule has 2 aromatic heterocycles. The summed E-state index contributed by atoms with van der Waals surface area (Å²) in [5.41, 5.74) is 13.6. The number of halogens is 2. The molecule has 0 amide bonds. The molecule has 1 unspecified atom stereocenters. The molecule has 0 radical (unpaired) electrons. The number of benzene rings is 1. The average Bonchev–Trinajstić information content (AvgIpc) is 3.27. The van der Waals surface area contributed by atoms with Gasteiger partial charge in [0, 0.05) is 48.8 Å². The number of rotatable bonds is 7. The van der Waals surface area contributed by atoms with E-state index in [0.717, 1.165) is 31.7 Å². The van der Waals surface area contributed by atoms with Gasteiger partial charge in [0.2, 0.25) is 5.79 Å². The number of nitrogens with one attached hydrogen (secondary N) is 2. The smallest absolute Gasteiger partial charge is 0.229 e. The molecule has 16 heteroatoms. The summed E-state index contributed by atoms with van der Waals surface area (Å²) < 4.78 is 26.0. The molecule has 254 valence electrons. The highest BCUT2D eigenvalue weighted by molar-refractivity contribution is 7.99. The molecule has 1 aromatic carbocycles. The van der Waals surface area contributed by atoms with Gasteiger partial charge in [-0.2, -0.15) is 0 Å². The van der Waals surface area contributed by atoms with Crippen LogP contribution in [0.25, 0.3) is 0 Å². The van der Waals surface area contributed by atoms with Crippen LogP contribution in [0.15, 0.2) is 80.0 Å². The number of amidine groups is 1. The quantitative estimate of drug-likeness (QED) is 0.265. The van der Waals surface area contributed by atoms with Crippen LogP contribution in [-0.2, 0) is 20.4 Å². The summed E-state index contributed by atoms with van der Waals surface area (Å²) in [6.07, 6.45) is 8.69. The van der Waals surface area contributed by atoms with Gasteiger partial charge in [-0.3, -0.25) is 15.5 Å². The molecule has 1 spiro atoms. The van der Waals surface area contributed by atoms with Crippen LogP contribution in [0.3, 0.4) is 0 Å². The number of nitrogens with two attached hydrogens (primary N) is 2. The Morgan fingerprint density at radius 1 is 1.10 bits per heavy atom. The Balaban J connectivity index is 1.18. The third-order valence-electron chi connectivity index (χ3n) is 9.41. The minimum Gasteiger partial charge on any atom is -0.355 e. The molecular formula is C32H37Cl2N9O3S2. The minimum absolute atomic E-state index is 0.0887. The molecule has 12 nitrogen and oxygen atoms in total. The van der Waals surface area contributed by atoms with Crippen molar-refractivity contribution < 1.29 is 13.2 Å². The number of nitrogens with zero attached hydrogens (tertiary/aromatic N) is 5. The number of carbonyl (C=O) groups is 1. The van der Waals surface area contributed by atoms with Crippen molar-refractivity contribution in [3.63, 3.8) is 0 Å². The minimum atomic E-state index is -3.61. The first kappa shape index (κ1) is 34.6. The fraction of sp³-hybridized carbons (Fsp3) is 0.406. The molecule has 6 N–H and O–H groups in total. The van der Waals surface area contributed by atoms with Gasteiger partial charge in [-0.15, -0.1) is 0 Å². The van der Waals surface area contributed by atoms with Crippen LogP contribution in [0.2, 0.25) is 5.02 Å². The summed E-state index contributed by atoms with van der Waals surface area (Å²) >= 11 is 14.7. The van der Waals surface area contributed by atoms with Crippen LogP contribution < -0.4 is 27.0 Å². The zero-order chi connectivity index (χ0) is 34.4. The molecule has 48 heavy (non-hydrogen) atoms. The fourth-order valence-electron chi connectivity index (χ4n) is 6.37. The Hall–Kier alpha value is -3.27. The van der Waals surface area contributed by atoms with E-state index in [-0.39, 0.29) is 49.6 Å². The summed E-state index contributed by atoms with van der Waals surface area (Å²) in [7, 11) is -3.61. The van der Waals surface area contributed by atoms with Crippen molar-refractivity contribution in [2.75, 3.05) is 23.3 Å². The van der Waals surface area contributed by atoms with Gasteiger partial charge < -0.3 is 21.3 Å². The van der Waals surface area contributed by atoms with Crippen LogP contribution in [0.5, 0.6) is 0 Å². The second-order valence-electron chi connectivity index (χ2n) is 12.7. The Kier molecular flexibility index (Phi) is 9.52. The normalized spacial score (nSPS) is 24.0. The van der Waals surface area contributed by atoms with Gasteiger partial charge in [-0.05, 0) is 50.3 Å². The molecule has 6 rings (SSSR count). The topological polar surface area (TPSA) is 182 Å². The number of pyridine rings is 1. The third-order valence-corrected chi connectivity index (χ3v) is 13.4. The second-order valence-corrected chi connectivity index (χ2v) is 17.0. The number of hydrogen-bond acceptors (Lipinski definition) is 13. The van der Waals surface area contributed by atoms with E-state index in [1.54, 1.807) is 56.7 Å². The van der Waals surface area contributed by atoms with Gasteiger partial charge in [0.25, 0.3) is 0 Å². The highest BCUT2D eigenvalue weighted by Gasteiger charge is 2.50. The number of sulfone groups is 1. The zero-order valence-corrected chi connectivity index (χ0v) is 29.8. The number of Topliss-reactive ketones (excluding diaryl/α,β-unsaturated/α-hetero) is 1. The number of piperidine rings is 1. The Labute approximate surface area is 294 Å². The predicted molar refractivity (Wildman–Crippen MR) is 189 cm³/mol. The molecule has 2 aliphatic heterocycles. The number of hydrogen-bond donors (Lipinski definition) is 4. The molecule has 3 atom stereocenters. The number of aromatic nitrogens is 3. The van der Waals surface area contributed by atoms with Crippen molar-refractivity contribution in [3.8, 4) is 0 Å². The SMILES string of the molecule is CC(C)S(=O)(=O)c1ccccc1NC1=NC(N)(c2nccc(Sc3cnc(N4CCC5(CC4)CC(=O)[C@@H](C)[C@@H]5N)cn3)c2Cl)NC=C1Cl. The lowest BCUT2D eigenvalue weighted by Gasteiger charge is -2.42. The summed E-state index contributed by atoms with van der Waals surface area (Å²) in [6, 6.07) is 8.16. The Morgan fingerprint density at radius 2 is 1.83 bits per heavy atom. The molecule has 4 heterocycles. The van der Waals surface area contributed by atoms with Crippen molar-refractivity contribution in [1.82, 2.24) is 20.3 Å². The van der Waals surface area contributed by atoms with E-state index in [1.165, 1.54) is 24.0 Å². The van der Waals surface area contributed by atoms with E-state index in [1.807, 2.05) is 6.92 Å². The summed E-state index contributed by atoms with van der Waals surface area (Å²) in [4.78, 5) is 33.6. The number of anilines is 2. The van der Waals surface area contributed by atoms with Gasteiger partial charge in [0.1, 0.15) is 28.2 Å². The summed E-state index contributed by atoms with van der Waals surface area (Å²) in [5, 5.41) is 6.42. The number of aliphatic imine (C=N–C) groups is 1. The van der Waals surface area contributed by atoms with E-state index in [2.05, 4.69) is 35.5 Å². The largest absolute Gasteiger partial charge is 0.355 e. The molecule has 3 aliphatic rings. The lowest BCUT2D eigenvalue weighted by molar-refractivity contribution is -0.120. The first-order valence-corrected chi connectivity index (χ1v) is 18.7. The lowest BCUT2D eigenvalue weighted by atomic mass is 9.73. The van der Waals surface area contributed by atoms with Crippen molar-refractivity contribution in [2.45, 2.75) is 71.9 Å². The summed E-state index contributed by atoms with van der Waals surface area (Å²) in [5.74, 6) is -0.559. The molecular weight excluding hydrogens is 693 g/mol. The van der Waals surface area contributed by atoms with E-state index in [9.17, 15) is 13.2 Å². The van der Waals surface area contributed by atoms with E-state index < -0.39 is 20.9 Å². The molecule has 3 aromatic rings. The van der Waals surface area contributed by atoms with Crippen molar-refractivity contribution in [3.05, 3.63) is 70.9 Å². The number of ketones is 1. The lowest BCUT2D eigenvalue weighted by Crippen LogP contribution is -2.50. The number of carbonyl (C=O) groups excluding carboxylic acids is 1. The van der Waals surface area contributed by atoms with Crippen molar-refractivity contribution in [2.24, 2.45) is 27.8 Å². The summed E-state index contributed by atoms with van der Waals surface area (Å²) in [6.45, 7) is 6.69. The average molecular weight is 731 g/mol. The standard InChI is InChI=1S/C32H37Cl2N9O3S2/c1-18(2)48(45,46)24-7-5-4-6-21(24)41-30-20(33)15-40-32(36,42-30)29-27(34)23(8-11-37-29)47-26-17-38-25(16-39-26)43-12-9-31(10-13-43)14-22(44)19(3)28(31)35/h4-8,11,15-19,28,40H,9-10,12-14,35-36H2,1-3H3,(H,41,42)/t19-,28+,32?/m1/s1. The monoisotopic (exact) mass is 729 g/mol. The maximum atomic E-state index is 13.0. The van der Waals surface area contributed by atoms with E-state index in [0.29, 0.717) is 22.0 Å². The van der Waals surface area contributed by atoms with Crippen LogP contribution in [0.1, 0.15) is 45.7 Å². The van der Waals surface area contributed by atoms with Gasteiger partial charge in [-0.1, -0.05) is 54.0 Å². The number of para-hydroxylation sites is 1. The second kappa shape index (κ2) is 13.2. The van der Waals surface area contributed by atoms with Gasteiger partial charge in [0.05, 0.1) is 38.3 Å². The van der Waals surface area contributed by atoms with Crippen LogP contribution >= 0.6 is 35.0 Å². The molecule has 2 fully saturated rings. The van der Waals surface area contributed by atoms with Crippen LogP contribution in [0.4, 0.5) is 11.5 Å². The fourth-order valence-corrected chi connectivity index (χ4v) is 8.84. The van der Waals surface area contributed by atoms with Crippen molar-refractivity contribution >= 4 is 67.9 Å². The molecule has 1 aliphatic carbocycles. The Morgan fingerprint density at radius 3 is 2.48 bits per heavy atom. The van der Waals surface area contributed by atoms with Gasteiger partial charge in [0.15, 0.2) is 9.84 Å². The van der Waals surface area contributed by atoms with Crippen LogP contribution in [-0.4, -0.2) is 59.4 Å². The first-order valence-electron chi connectivity index (χ1n) is 15.5. The van der Waals surface area contributed by atoms with Crippen molar-refractivity contribution in [1.29, 1.82) is 0 Å². The predicted octanol–water partition coefficient (Wildman–Crippen LogP) is 4.64. The third kappa shape index (κ3) is 6.41. The van der Waals surface area contributed by atoms with Crippen LogP contribution in [0, 0.1) is 11.3 Å². The highest BCUT2D eigenvalue weighted by atomic mass is 35.5.